The molecule has 16 rings (SSSR count). The van der Waals surface area contributed by atoms with Crippen molar-refractivity contribution in [3.63, 3.8) is 0 Å². The van der Waals surface area contributed by atoms with Gasteiger partial charge in [0.2, 0.25) is 47.6 Å². The van der Waals surface area contributed by atoms with Crippen molar-refractivity contribution in [3.8, 4) is 88.3 Å². The molecular weight excluding hydrogens is 1790 g/mol. The maximum atomic E-state index is 12.9. The molecule has 0 aliphatic carbocycles. The number of thiophene rings is 2. The highest BCUT2D eigenvalue weighted by Gasteiger charge is 2.22. The van der Waals surface area contributed by atoms with Crippen LogP contribution in [0.25, 0.3) is 88.3 Å². The van der Waals surface area contributed by atoms with Crippen LogP contribution in [-0.4, -0.2) is 79.7 Å². The second-order valence-electron chi connectivity index (χ2n) is 31.6. The molecule has 0 saturated heterocycles. The molecule has 32 nitrogen and oxygen atoms in total. The van der Waals surface area contributed by atoms with E-state index in [0.29, 0.717) is 52.3 Å². The number of halogens is 2. The molecule has 0 amide bonds. The molecule has 0 radical (unpaired) electrons. The molecule has 16 aromatic rings. The number of anilines is 15. The topological polar surface area (TPSA) is 623 Å². The molecule has 10 heterocycles. The van der Waals surface area contributed by atoms with Gasteiger partial charge in [-0.05, 0) is 177 Å². The van der Waals surface area contributed by atoms with Crippen molar-refractivity contribution in [2.45, 2.75) is 174 Å². The van der Waals surface area contributed by atoms with Gasteiger partial charge in [0.25, 0.3) is 0 Å². The Balaban J connectivity index is 0.000000193. The molecule has 0 saturated carbocycles. The van der Waals surface area contributed by atoms with E-state index in [1.807, 2.05) is 147 Å². The van der Waals surface area contributed by atoms with Gasteiger partial charge in [-0.15, -0.1) is 11.3 Å². The summed E-state index contributed by atoms with van der Waals surface area (Å²) in [6.45, 7) is 25.0. The van der Waals surface area contributed by atoms with Gasteiger partial charge in [0.05, 0.1) is 56.8 Å². The van der Waals surface area contributed by atoms with E-state index in [1.165, 1.54) is 28.8 Å². The lowest BCUT2D eigenvalue weighted by atomic mass is 9.98. The Kier molecular flexibility index (Phi) is 41.0. The zero-order valence-corrected chi connectivity index (χ0v) is 81.9. The minimum absolute atomic E-state index is 0. The van der Waals surface area contributed by atoms with Gasteiger partial charge in [0.15, 0.2) is 0 Å². The van der Waals surface area contributed by atoms with Crippen molar-refractivity contribution >= 4 is 123 Å². The van der Waals surface area contributed by atoms with Gasteiger partial charge in [-0.3, -0.25) is 0 Å². The predicted octanol–water partition coefficient (Wildman–Crippen LogP) is 19.3. The summed E-state index contributed by atoms with van der Waals surface area (Å²) in [5.41, 5.74) is 119. The van der Waals surface area contributed by atoms with Crippen LogP contribution in [0.1, 0.15) is 161 Å². The van der Waals surface area contributed by atoms with Gasteiger partial charge in [0, 0.05) is 55.4 Å². The van der Waals surface area contributed by atoms with Gasteiger partial charge in [0.1, 0.15) is 46.5 Å². The van der Waals surface area contributed by atoms with Crippen molar-refractivity contribution in [2.75, 3.05) is 86.0 Å². The Labute approximate surface area is 820 Å². The predicted molar refractivity (Wildman–Crippen MR) is 574 cm³/mol. The third kappa shape index (κ3) is 29.8. The largest absolute Gasteiger partial charge is 0.383 e. The highest BCUT2D eigenvalue weighted by molar-refractivity contribution is 7.13. The first kappa shape index (κ1) is 108. The van der Waals surface area contributed by atoms with Crippen LogP contribution in [0.3, 0.4) is 0 Å². The summed E-state index contributed by atoms with van der Waals surface area (Å²) in [7, 11) is 0. The summed E-state index contributed by atoms with van der Waals surface area (Å²) < 4.78 is 12.9. The van der Waals surface area contributed by atoms with Crippen molar-refractivity contribution in [2.24, 2.45) is 5.73 Å². The molecule has 138 heavy (non-hydrogen) atoms. The van der Waals surface area contributed by atoms with E-state index in [-0.39, 0.29) is 60.8 Å². The first-order valence-electron chi connectivity index (χ1n) is 44.8. The Morgan fingerprint density at radius 1 is 0.290 bits per heavy atom. The summed E-state index contributed by atoms with van der Waals surface area (Å²) in [5.74, 6) is 4.66. The van der Waals surface area contributed by atoms with Gasteiger partial charge in [-0.25, -0.2) is 49.2 Å². The Morgan fingerprint density at radius 2 is 0.638 bits per heavy atom. The lowest BCUT2D eigenvalue weighted by molar-refractivity contribution is 0.628. The number of nitrogens with zero attached hydrogens (tertiary/aromatic N) is 16. The first-order valence-corrected chi connectivity index (χ1v) is 47.0. The van der Waals surface area contributed by atoms with Gasteiger partial charge in [-0.1, -0.05) is 244 Å². The molecule has 32 N–H and O–H groups in total. The number of benzene rings is 6. The van der Waals surface area contributed by atoms with E-state index in [2.05, 4.69) is 172 Å². The van der Waals surface area contributed by atoms with Crippen LogP contribution in [0, 0.1) is 40.4 Å². The monoisotopic (exact) mass is 1920 g/mol. The minimum Gasteiger partial charge on any atom is -0.383 e. The van der Waals surface area contributed by atoms with E-state index in [9.17, 15) is 4.39 Å². The summed E-state index contributed by atoms with van der Waals surface area (Å²) >= 11 is 9.11. The summed E-state index contributed by atoms with van der Waals surface area (Å²) in [5, 5.41) is 6.73. The normalized spacial score (nSPS) is 10.5. The fraction of sp³-hybridized carbons (Fsp3) is 0.255. The van der Waals surface area contributed by atoms with E-state index in [1.54, 1.807) is 34.8 Å². The molecule has 0 aliphatic heterocycles. The number of hydrogen-bond donors (Lipinski definition) is 16. The SMILES string of the molecule is C.CCCc1nc(N)nc(N)c1-c1cc(C)cc(C)c1.CCCc1nc(N)nc(N)c1-c1ccc(F)cc1.CCCc1nc(N)nc(N)c1-c1cccc(C)c1.CCCc1nc(N)nc(N)c1-c1ccccc1.CCCc1nc(N)nc(N)c1-c1ccccc1C.CCc1nc(N)nc(N)c1-c1cccs1.CCc1nc(N)nc(N)c1-c1ccsc1.Cc1nc(N)nc(CN)c1-c1ccc(Cl)cc1. The van der Waals surface area contributed by atoms with Gasteiger partial charge < -0.3 is 91.7 Å². The van der Waals surface area contributed by atoms with Crippen LogP contribution in [0.2, 0.25) is 5.02 Å². The molecular formula is C102H128ClFN32S2. The zero-order chi connectivity index (χ0) is 99.7. The quantitative estimate of drug-likeness (QED) is 0.0318. The maximum absolute atomic E-state index is 12.9. The highest BCUT2D eigenvalue weighted by Crippen LogP contribution is 2.39. The van der Waals surface area contributed by atoms with Crippen molar-refractivity contribution in [1.82, 2.24) is 79.7 Å². The third-order valence-electron chi connectivity index (χ3n) is 20.8. The molecule has 0 spiro atoms. The first-order chi connectivity index (χ1) is 65.6. The van der Waals surface area contributed by atoms with E-state index in [4.69, 9.17) is 103 Å². The Hall–Kier alpha value is -15.5. The molecule has 0 fully saturated rings. The standard InChI is InChI=1S/C15H20N4.2C14H18N4.C13H15FN4.C13H16N4.C12H13ClN4.2C10H12N4S.CH4/c1-4-5-12-13(14(16)19-15(17)18-12)11-7-9(2)6-10(3)8-11;1-3-6-11-12(13(15)18-14(16)17-11)10-8-5-4-7-9(10)2;1-3-5-11-12(13(15)18-14(16)17-11)10-7-4-6-9(2)8-10;1-2-3-10-11(12(15)18-13(16)17-10)8-4-6-9(14)7-5-8;1-2-6-10-11(9-7-4-3-5-8-9)12(14)17-13(15)16-10;1-7-11(8-2-4-9(13)5-3-8)10(6-14)17-12(15)16-7;1-2-7-8(6-3-4-15-5-6)9(11)14-10(12)13-7;1-2-6-8(7-4-3-5-15-7)9(11)14-10(12)13-6;/h6-8H,4-5H2,1-3H3,(H4,16,17,18,19);4-5,7-8H,3,6H2,1-2H3,(H4,15,16,17,18);4,6-8H,3,5H2,1-2H3,(H4,15,16,17,18);4-7H,2-3H2,1H3,(H4,15,16,17,18);3-5,7-8H,2,6H2,1H3,(H4,14,15,16,17);2-5H,6,14H2,1H3,(H2,15,16,17);2*3-5H,2H2,1H3,(H4,11,12,13,14);1H4. The fourth-order valence-electron chi connectivity index (χ4n) is 15.2. The van der Waals surface area contributed by atoms with Crippen LogP contribution in [0.15, 0.2) is 180 Å². The molecule has 10 aromatic heterocycles. The smallest absolute Gasteiger partial charge is 0.222 e. The summed E-state index contributed by atoms with van der Waals surface area (Å²) in [6, 6.07) is 52.2. The van der Waals surface area contributed by atoms with Crippen LogP contribution >= 0.6 is 34.3 Å². The Bertz CT molecular complexity index is 6540. The number of hydrogen-bond acceptors (Lipinski definition) is 34. The highest BCUT2D eigenvalue weighted by atomic mass is 35.5. The fourth-order valence-corrected chi connectivity index (χ4v) is 16.8. The molecule has 0 bridgehead atoms. The third-order valence-corrected chi connectivity index (χ3v) is 22.6. The lowest BCUT2D eigenvalue weighted by Gasteiger charge is -2.13. The number of aryl methyl sites for hydroxylation is 12. The Morgan fingerprint density at radius 3 is 1.04 bits per heavy atom. The summed E-state index contributed by atoms with van der Waals surface area (Å²) in [4.78, 5) is 67.5. The molecule has 0 atom stereocenters. The zero-order valence-electron chi connectivity index (χ0n) is 79.5. The second kappa shape index (κ2) is 52.4. The number of rotatable bonds is 21. The maximum Gasteiger partial charge on any atom is 0.222 e. The van der Waals surface area contributed by atoms with Gasteiger partial charge in [-0.2, -0.15) is 46.2 Å². The average molecular weight is 1920 g/mol. The summed E-state index contributed by atoms with van der Waals surface area (Å²) in [6.07, 6.45) is 10.6. The molecule has 6 aromatic carbocycles. The van der Waals surface area contributed by atoms with Crippen LogP contribution < -0.4 is 91.7 Å². The van der Waals surface area contributed by atoms with E-state index >= 15 is 0 Å². The minimum atomic E-state index is -0.286. The van der Waals surface area contributed by atoms with Crippen LogP contribution in [0.4, 0.5) is 92.7 Å². The van der Waals surface area contributed by atoms with Crippen molar-refractivity contribution in [3.05, 3.63) is 264 Å². The van der Waals surface area contributed by atoms with Crippen LogP contribution in [0.5, 0.6) is 0 Å². The number of aromatic nitrogens is 16. The lowest BCUT2D eigenvalue weighted by Crippen LogP contribution is -2.08. The average Bonchev–Trinajstić information content (AvgIpc) is 1.39. The van der Waals surface area contributed by atoms with Crippen molar-refractivity contribution < 1.29 is 4.39 Å². The van der Waals surface area contributed by atoms with Crippen LogP contribution in [-0.2, 0) is 51.5 Å². The van der Waals surface area contributed by atoms with Gasteiger partial charge >= 0.3 is 0 Å². The number of nitrogens with two attached hydrogens (primary N) is 16. The molecule has 722 valence electrons. The molecule has 0 unspecified atom stereocenters. The van der Waals surface area contributed by atoms with E-state index in [0.717, 1.165) is 222 Å². The molecule has 36 heteroatoms. The number of nitrogen functional groups attached to an aromatic ring is 15. The second-order valence-corrected chi connectivity index (χ2v) is 33.8. The molecule has 0 aliphatic rings. The van der Waals surface area contributed by atoms with E-state index < -0.39 is 0 Å². The van der Waals surface area contributed by atoms with Crippen molar-refractivity contribution in [1.29, 1.82) is 0 Å².